The molecule has 1 unspecified atom stereocenters. The zero-order valence-electron chi connectivity index (χ0n) is 13.3. The average Bonchev–Trinajstić information content (AvgIpc) is 3.40. The van der Waals surface area contributed by atoms with Crippen LogP contribution in [0.25, 0.3) is 0 Å². The van der Waals surface area contributed by atoms with Gasteiger partial charge in [0.25, 0.3) is 0 Å². The first-order chi connectivity index (χ1) is 10.3. The molecule has 0 amide bonds. The van der Waals surface area contributed by atoms with Gasteiger partial charge in [0.05, 0.1) is 6.61 Å². The fraction of sp³-hybridized carbons (Fsp3) is 0.667. The fourth-order valence-corrected chi connectivity index (χ4v) is 2.95. The summed E-state index contributed by atoms with van der Waals surface area (Å²) in [4.78, 5) is 2.51. The highest BCUT2D eigenvalue weighted by atomic mass is 16.5. The molecule has 3 rings (SSSR count). The van der Waals surface area contributed by atoms with Gasteiger partial charge in [-0.15, -0.1) is 0 Å². The van der Waals surface area contributed by atoms with E-state index in [9.17, 15) is 0 Å². The van der Waals surface area contributed by atoms with E-state index >= 15 is 0 Å². The lowest BCUT2D eigenvalue weighted by Gasteiger charge is -2.31. The van der Waals surface area contributed by atoms with E-state index in [1.165, 1.54) is 36.9 Å². The Hall–Kier alpha value is -1.06. The minimum atomic E-state index is 0.621. The second kappa shape index (κ2) is 6.80. The van der Waals surface area contributed by atoms with Crippen LogP contribution in [0.2, 0.25) is 0 Å². The lowest BCUT2D eigenvalue weighted by atomic mass is 10.1. The summed E-state index contributed by atoms with van der Waals surface area (Å²) in [5.74, 6) is 0.873. The van der Waals surface area contributed by atoms with E-state index in [2.05, 4.69) is 41.4 Å². The van der Waals surface area contributed by atoms with Gasteiger partial charge in [-0.2, -0.15) is 0 Å². The van der Waals surface area contributed by atoms with Crippen molar-refractivity contribution in [2.24, 2.45) is 5.92 Å². The molecule has 2 fully saturated rings. The van der Waals surface area contributed by atoms with E-state index in [-0.39, 0.29) is 0 Å². The van der Waals surface area contributed by atoms with Crippen LogP contribution in [0.15, 0.2) is 24.3 Å². The Balaban J connectivity index is 1.62. The topological polar surface area (TPSA) is 24.5 Å². The number of methoxy groups -OCH3 is 1. The molecule has 2 aliphatic rings. The van der Waals surface area contributed by atoms with E-state index in [0.717, 1.165) is 31.7 Å². The molecule has 0 spiro atoms. The van der Waals surface area contributed by atoms with Crippen LogP contribution in [0.4, 0.5) is 5.69 Å². The number of nitrogens with zero attached hydrogens (tertiary/aromatic N) is 1. The molecule has 116 valence electrons. The van der Waals surface area contributed by atoms with E-state index < -0.39 is 0 Å². The van der Waals surface area contributed by atoms with Crippen molar-refractivity contribution in [3.8, 4) is 0 Å². The Morgan fingerprint density at radius 1 is 1.19 bits per heavy atom. The lowest BCUT2D eigenvalue weighted by Crippen LogP contribution is -2.37. The van der Waals surface area contributed by atoms with Crippen molar-refractivity contribution >= 4 is 5.69 Å². The van der Waals surface area contributed by atoms with E-state index in [1.807, 2.05) is 0 Å². The van der Waals surface area contributed by atoms with Crippen molar-refractivity contribution in [2.75, 3.05) is 25.2 Å². The lowest BCUT2D eigenvalue weighted by molar-refractivity contribution is 0.202. The van der Waals surface area contributed by atoms with Gasteiger partial charge in [-0.1, -0.05) is 12.1 Å². The molecular weight excluding hydrogens is 260 g/mol. The van der Waals surface area contributed by atoms with Crippen molar-refractivity contribution in [3.05, 3.63) is 29.8 Å². The third-order valence-electron chi connectivity index (χ3n) is 4.77. The van der Waals surface area contributed by atoms with Gasteiger partial charge in [0, 0.05) is 38.0 Å². The Morgan fingerprint density at radius 2 is 1.90 bits per heavy atom. The summed E-state index contributed by atoms with van der Waals surface area (Å²) in [7, 11) is 1.78. The maximum Gasteiger partial charge on any atom is 0.0637 e. The van der Waals surface area contributed by atoms with E-state index in [1.54, 1.807) is 7.11 Å². The van der Waals surface area contributed by atoms with Crippen LogP contribution < -0.4 is 10.2 Å². The van der Waals surface area contributed by atoms with Gasteiger partial charge < -0.3 is 15.0 Å². The van der Waals surface area contributed by atoms with E-state index in [0.29, 0.717) is 6.04 Å². The standard InChI is InChI=1S/C18H28N2O/c1-14(16-5-6-16)20(11-12-21-2)18-9-3-15(4-10-18)13-19-17-7-8-17/h3-4,9-10,14,16-17,19H,5-8,11-13H2,1-2H3. The second-order valence-electron chi connectivity index (χ2n) is 6.59. The Kier molecular flexibility index (Phi) is 4.81. The summed E-state index contributed by atoms with van der Waals surface area (Å²) >= 11 is 0. The van der Waals surface area contributed by atoms with Gasteiger partial charge in [0.1, 0.15) is 0 Å². The van der Waals surface area contributed by atoms with E-state index in [4.69, 9.17) is 4.74 Å². The Bertz CT molecular complexity index is 437. The summed E-state index contributed by atoms with van der Waals surface area (Å²) in [5.41, 5.74) is 2.72. The first-order valence-corrected chi connectivity index (χ1v) is 8.36. The van der Waals surface area contributed by atoms with Gasteiger partial charge >= 0.3 is 0 Å². The summed E-state index contributed by atoms with van der Waals surface area (Å²) in [6.45, 7) is 5.13. The number of hydrogen-bond acceptors (Lipinski definition) is 3. The molecule has 3 heteroatoms. The van der Waals surface area contributed by atoms with Crippen LogP contribution in [0.5, 0.6) is 0 Å². The van der Waals surface area contributed by atoms with Crippen LogP contribution in [0.1, 0.15) is 38.2 Å². The molecule has 0 radical (unpaired) electrons. The number of benzene rings is 1. The molecule has 0 bridgehead atoms. The van der Waals surface area contributed by atoms with Gasteiger partial charge in [-0.3, -0.25) is 0 Å². The van der Waals surface area contributed by atoms with Crippen molar-refractivity contribution in [3.63, 3.8) is 0 Å². The third-order valence-corrected chi connectivity index (χ3v) is 4.77. The highest BCUT2D eigenvalue weighted by molar-refractivity contribution is 5.49. The number of ether oxygens (including phenoxy) is 1. The fourth-order valence-electron chi connectivity index (χ4n) is 2.95. The highest BCUT2D eigenvalue weighted by Gasteiger charge is 2.32. The highest BCUT2D eigenvalue weighted by Crippen LogP contribution is 2.36. The molecular formula is C18H28N2O. The van der Waals surface area contributed by atoms with Gasteiger partial charge in [-0.05, 0) is 56.2 Å². The molecule has 21 heavy (non-hydrogen) atoms. The molecule has 3 nitrogen and oxygen atoms in total. The SMILES string of the molecule is COCCN(c1ccc(CNC2CC2)cc1)C(C)C1CC1. The molecule has 0 aliphatic heterocycles. The zero-order valence-corrected chi connectivity index (χ0v) is 13.3. The smallest absolute Gasteiger partial charge is 0.0637 e. The molecule has 0 saturated heterocycles. The first kappa shape index (κ1) is 14.9. The predicted molar refractivity (Wildman–Crippen MR) is 87.7 cm³/mol. The number of anilines is 1. The molecule has 2 saturated carbocycles. The summed E-state index contributed by atoms with van der Waals surface area (Å²) in [6.07, 6.45) is 5.46. The first-order valence-electron chi connectivity index (χ1n) is 8.36. The minimum Gasteiger partial charge on any atom is -0.383 e. The van der Waals surface area contributed by atoms with Crippen molar-refractivity contribution in [1.82, 2.24) is 5.32 Å². The minimum absolute atomic E-state index is 0.621. The number of hydrogen-bond donors (Lipinski definition) is 1. The normalized spacial score (nSPS) is 19.5. The van der Waals surface area contributed by atoms with Crippen molar-refractivity contribution in [2.45, 2.75) is 51.2 Å². The van der Waals surface area contributed by atoms with Gasteiger partial charge in [0.15, 0.2) is 0 Å². The zero-order chi connectivity index (χ0) is 14.7. The molecule has 1 N–H and O–H groups in total. The van der Waals surface area contributed by atoms with Crippen LogP contribution in [0.3, 0.4) is 0 Å². The molecule has 0 heterocycles. The largest absolute Gasteiger partial charge is 0.383 e. The van der Waals surface area contributed by atoms with Crippen LogP contribution >= 0.6 is 0 Å². The van der Waals surface area contributed by atoms with Gasteiger partial charge in [-0.25, -0.2) is 0 Å². The molecule has 2 aliphatic carbocycles. The van der Waals surface area contributed by atoms with Crippen LogP contribution in [-0.2, 0) is 11.3 Å². The van der Waals surface area contributed by atoms with Crippen molar-refractivity contribution in [1.29, 1.82) is 0 Å². The monoisotopic (exact) mass is 288 g/mol. The van der Waals surface area contributed by atoms with Crippen LogP contribution in [-0.4, -0.2) is 32.3 Å². The molecule has 1 atom stereocenters. The van der Waals surface area contributed by atoms with Crippen molar-refractivity contribution < 1.29 is 4.74 Å². The van der Waals surface area contributed by atoms with Crippen LogP contribution in [0, 0.1) is 5.92 Å². The second-order valence-corrected chi connectivity index (χ2v) is 6.59. The summed E-state index contributed by atoms with van der Waals surface area (Å²) in [5, 5.41) is 3.57. The third kappa shape index (κ3) is 4.21. The molecule has 1 aromatic rings. The summed E-state index contributed by atoms with van der Waals surface area (Å²) in [6, 6.07) is 10.5. The average molecular weight is 288 g/mol. The summed E-state index contributed by atoms with van der Waals surface area (Å²) < 4.78 is 5.29. The Morgan fingerprint density at radius 3 is 2.48 bits per heavy atom. The number of rotatable bonds is 9. The predicted octanol–water partition coefficient (Wildman–Crippen LogP) is 3.19. The molecule has 1 aromatic carbocycles. The van der Waals surface area contributed by atoms with Gasteiger partial charge in [0.2, 0.25) is 0 Å². The Labute approximate surface area is 128 Å². The maximum atomic E-state index is 5.29. The number of nitrogens with one attached hydrogen (secondary N) is 1. The molecule has 0 aromatic heterocycles. The quantitative estimate of drug-likeness (QED) is 0.755. The maximum absolute atomic E-state index is 5.29.